The summed E-state index contributed by atoms with van der Waals surface area (Å²) in [4.78, 5) is 14.4. The number of nitrogens with zero attached hydrogens (tertiary/aromatic N) is 3. The van der Waals surface area contributed by atoms with Crippen molar-refractivity contribution in [3.05, 3.63) is 41.1 Å². The molecule has 0 saturated carbocycles. The Morgan fingerprint density at radius 2 is 2.32 bits per heavy atom. The Kier molecular flexibility index (Phi) is 5.43. The molecule has 1 N–H and O–H groups in total. The molecule has 3 rings (SSSR count). The minimum absolute atomic E-state index is 0.00531. The Morgan fingerprint density at radius 3 is 3.04 bits per heavy atom. The Balaban J connectivity index is 1.56. The third-order valence-electron chi connectivity index (χ3n) is 4.82. The van der Waals surface area contributed by atoms with E-state index in [2.05, 4.69) is 10.4 Å². The number of ether oxygens (including phenoxy) is 1. The van der Waals surface area contributed by atoms with Gasteiger partial charge in [0.05, 0.1) is 12.2 Å². The topological polar surface area (TPSA) is 72.5 Å². The average molecular weight is 346 g/mol. The van der Waals surface area contributed by atoms with Gasteiger partial charge in [-0.1, -0.05) is 0 Å². The van der Waals surface area contributed by atoms with Crippen molar-refractivity contribution in [3.8, 4) is 0 Å². The van der Waals surface area contributed by atoms with Gasteiger partial charge in [-0.3, -0.25) is 4.68 Å². The highest BCUT2D eigenvalue weighted by atomic mass is 16.5. The van der Waals surface area contributed by atoms with Crippen molar-refractivity contribution >= 4 is 6.03 Å². The number of aryl methyl sites for hydroxylation is 1. The first-order valence-electron chi connectivity index (χ1n) is 8.69. The summed E-state index contributed by atoms with van der Waals surface area (Å²) in [6, 6.07) is 3.83. The average Bonchev–Trinajstić information content (AvgIpc) is 3.31. The first-order valence-corrected chi connectivity index (χ1v) is 8.69. The summed E-state index contributed by atoms with van der Waals surface area (Å²) in [5, 5.41) is 7.26. The highest BCUT2D eigenvalue weighted by Crippen LogP contribution is 2.33. The van der Waals surface area contributed by atoms with Gasteiger partial charge in [-0.15, -0.1) is 0 Å². The van der Waals surface area contributed by atoms with Crippen LogP contribution in [0.1, 0.15) is 41.7 Å². The zero-order chi connectivity index (χ0) is 17.8. The molecule has 0 spiro atoms. The molecule has 25 heavy (non-hydrogen) atoms. The highest BCUT2D eigenvalue weighted by Gasteiger charge is 2.32. The molecule has 7 nitrogen and oxygen atoms in total. The summed E-state index contributed by atoms with van der Waals surface area (Å²) in [6.07, 6.45) is 4.55. The zero-order valence-corrected chi connectivity index (χ0v) is 15.1. The van der Waals surface area contributed by atoms with Gasteiger partial charge in [-0.05, 0) is 43.9 Å². The summed E-state index contributed by atoms with van der Waals surface area (Å²) < 4.78 is 12.8. The number of carbonyl (C=O) groups excluding carboxylic acids is 1. The largest absolute Gasteiger partial charge is 0.461 e. The van der Waals surface area contributed by atoms with Gasteiger partial charge in [0.15, 0.2) is 0 Å². The van der Waals surface area contributed by atoms with Crippen molar-refractivity contribution in [1.29, 1.82) is 0 Å². The van der Waals surface area contributed by atoms with Crippen LogP contribution < -0.4 is 5.32 Å². The lowest BCUT2D eigenvalue weighted by atomic mass is 10.2. The summed E-state index contributed by atoms with van der Waals surface area (Å²) in [6.45, 7) is 3.84. The lowest BCUT2D eigenvalue weighted by Gasteiger charge is -2.23. The number of carbonyl (C=O) groups is 1. The van der Waals surface area contributed by atoms with E-state index in [-0.39, 0.29) is 12.1 Å². The van der Waals surface area contributed by atoms with Crippen LogP contribution in [0.15, 0.2) is 22.7 Å². The van der Waals surface area contributed by atoms with Crippen molar-refractivity contribution in [2.45, 2.75) is 38.8 Å². The van der Waals surface area contributed by atoms with Gasteiger partial charge >= 0.3 is 6.03 Å². The van der Waals surface area contributed by atoms with Gasteiger partial charge in [0, 0.05) is 32.9 Å². The van der Waals surface area contributed by atoms with Crippen molar-refractivity contribution in [3.63, 3.8) is 0 Å². The normalized spacial score (nSPS) is 17.2. The smallest absolute Gasteiger partial charge is 0.318 e. The Hall–Kier alpha value is -2.28. The maximum atomic E-state index is 12.6. The number of likely N-dealkylation sites (tertiary alicyclic amines) is 1. The molecule has 1 saturated heterocycles. The number of hydrogen-bond acceptors (Lipinski definition) is 4. The quantitative estimate of drug-likeness (QED) is 0.872. The molecule has 0 aromatic carbocycles. The molecular weight excluding hydrogens is 320 g/mol. The number of amides is 2. The van der Waals surface area contributed by atoms with E-state index in [9.17, 15) is 4.79 Å². The number of furan rings is 1. The standard InChI is InChI=1S/C18H26N4O3/c1-13-14(11-20-21(13)2)8-9-19-18(23)22-10-4-5-16(22)17-7-6-15(25-17)12-24-3/h6-7,11,16H,4-5,8-10,12H2,1-3H3,(H,19,23)/t16-/m0/s1. The monoisotopic (exact) mass is 346 g/mol. The van der Waals surface area contributed by atoms with Crippen LogP contribution in [0.25, 0.3) is 0 Å². The third-order valence-corrected chi connectivity index (χ3v) is 4.82. The zero-order valence-electron chi connectivity index (χ0n) is 15.1. The first kappa shape index (κ1) is 17.5. The Labute approximate surface area is 147 Å². The molecule has 0 radical (unpaired) electrons. The summed E-state index contributed by atoms with van der Waals surface area (Å²) in [5.41, 5.74) is 2.30. The maximum absolute atomic E-state index is 12.6. The molecule has 0 aliphatic carbocycles. The fourth-order valence-electron chi connectivity index (χ4n) is 3.29. The second-order valence-electron chi connectivity index (χ2n) is 6.45. The molecule has 1 aliphatic heterocycles. The molecule has 2 aromatic heterocycles. The Morgan fingerprint density at radius 1 is 1.48 bits per heavy atom. The predicted octanol–water partition coefficient (Wildman–Crippen LogP) is 2.56. The van der Waals surface area contributed by atoms with Gasteiger partial charge in [0.25, 0.3) is 0 Å². The van der Waals surface area contributed by atoms with E-state index < -0.39 is 0 Å². The van der Waals surface area contributed by atoms with Crippen LogP contribution in [0.4, 0.5) is 4.79 Å². The molecule has 1 aliphatic rings. The van der Waals surface area contributed by atoms with Crippen molar-refractivity contribution < 1.29 is 13.9 Å². The fourth-order valence-corrected chi connectivity index (χ4v) is 3.29. The van der Waals surface area contributed by atoms with E-state index in [1.807, 2.05) is 41.9 Å². The molecule has 1 fully saturated rings. The van der Waals surface area contributed by atoms with Crippen molar-refractivity contribution in [2.75, 3.05) is 20.2 Å². The van der Waals surface area contributed by atoms with Crippen LogP contribution in [-0.4, -0.2) is 40.9 Å². The van der Waals surface area contributed by atoms with E-state index in [0.29, 0.717) is 13.2 Å². The van der Waals surface area contributed by atoms with Gasteiger partial charge in [-0.2, -0.15) is 5.10 Å². The first-order chi connectivity index (χ1) is 12.1. The van der Waals surface area contributed by atoms with Crippen molar-refractivity contribution in [1.82, 2.24) is 20.0 Å². The molecule has 3 heterocycles. The molecule has 2 aromatic rings. The molecule has 136 valence electrons. The lowest BCUT2D eigenvalue weighted by molar-refractivity contribution is 0.156. The summed E-state index contributed by atoms with van der Waals surface area (Å²) in [7, 11) is 3.56. The fraction of sp³-hybridized carbons (Fsp3) is 0.556. The molecule has 0 bridgehead atoms. The number of nitrogens with one attached hydrogen (secondary N) is 1. The second-order valence-corrected chi connectivity index (χ2v) is 6.45. The summed E-state index contributed by atoms with van der Waals surface area (Å²) in [5.74, 6) is 1.62. The van der Waals surface area contributed by atoms with Gasteiger partial charge in [0.1, 0.15) is 18.1 Å². The minimum Gasteiger partial charge on any atom is -0.461 e. The SMILES string of the molecule is COCc1ccc([C@@H]2CCCN2C(=O)NCCc2cnn(C)c2C)o1. The predicted molar refractivity (Wildman–Crippen MR) is 93.1 cm³/mol. The highest BCUT2D eigenvalue weighted by molar-refractivity contribution is 5.75. The van der Waals surface area contributed by atoms with E-state index >= 15 is 0 Å². The van der Waals surface area contributed by atoms with E-state index in [4.69, 9.17) is 9.15 Å². The number of aromatic nitrogens is 2. The van der Waals surface area contributed by atoms with Crippen LogP contribution in [-0.2, 0) is 24.8 Å². The van der Waals surface area contributed by atoms with Gasteiger partial charge < -0.3 is 19.4 Å². The maximum Gasteiger partial charge on any atom is 0.318 e. The number of rotatable bonds is 6. The second kappa shape index (κ2) is 7.74. The van der Waals surface area contributed by atoms with Gasteiger partial charge in [-0.25, -0.2) is 4.79 Å². The van der Waals surface area contributed by atoms with E-state index in [1.165, 1.54) is 0 Å². The number of urea groups is 1. The third kappa shape index (κ3) is 3.87. The lowest BCUT2D eigenvalue weighted by Crippen LogP contribution is -2.40. The van der Waals surface area contributed by atoms with Crippen LogP contribution in [0.3, 0.4) is 0 Å². The van der Waals surface area contributed by atoms with Crippen LogP contribution in [0, 0.1) is 6.92 Å². The number of hydrogen-bond donors (Lipinski definition) is 1. The van der Waals surface area contributed by atoms with Crippen LogP contribution >= 0.6 is 0 Å². The summed E-state index contributed by atoms with van der Waals surface area (Å²) >= 11 is 0. The van der Waals surface area contributed by atoms with E-state index in [1.54, 1.807) is 7.11 Å². The van der Waals surface area contributed by atoms with E-state index in [0.717, 1.165) is 48.6 Å². The van der Waals surface area contributed by atoms with Crippen molar-refractivity contribution in [2.24, 2.45) is 7.05 Å². The number of methoxy groups -OCH3 is 1. The molecule has 2 amide bonds. The molecule has 0 unspecified atom stereocenters. The molecule has 1 atom stereocenters. The molecule has 7 heteroatoms. The van der Waals surface area contributed by atoms with Gasteiger partial charge in [0.2, 0.25) is 0 Å². The van der Waals surface area contributed by atoms with Crippen LogP contribution in [0.2, 0.25) is 0 Å². The van der Waals surface area contributed by atoms with Crippen LogP contribution in [0.5, 0.6) is 0 Å². The molecular formula is C18H26N4O3. The minimum atomic E-state index is -0.0336. The Bertz CT molecular complexity index is 722.